The number of anilines is 1. The lowest BCUT2D eigenvalue weighted by Gasteiger charge is -2.06. The van der Waals surface area contributed by atoms with Gasteiger partial charge in [-0.15, -0.1) is 11.3 Å². The molecule has 2 amide bonds. The Bertz CT molecular complexity index is 846. The van der Waals surface area contributed by atoms with Crippen LogP contribution in [0.5, 0.6) is 0 Å². The van der Waals surface area contributed by atoms with Crippen LogP contribution in [0.4, 0.5) is 5.69 Å². The number of benzene rings is 1. The molecule has 0 unspecified atom stereocenters. The van der Waals surface area contributed by atoms with Gasteiger partial charge in [0.25, 0.3) is 0 Å². The lowest BCUT2D eigenvalue weighted by Crippen LogP contribution is -2.32. The molecule has 0 spiro atoms. The third-order valence-corrected chi connectivity index (χ3v) is 4.37. The van der Waals surface area contributed by atoms with Crippen LogP contribution in [-0.4, -0.2) is 28.5 Å². The molecule has 1 aromatic carbocycles. The molecule has 3 rings (SSSR count). The summed E-state index contributed by atoms with van der Waals surface area (Å²) in [5.41, 5.74) is 0.699. The fourth-order valence-electron chi connectivity index (χ4n) is 2.26. The van der Waals surface area contributed by atoms with Crippen LogP contribution in [0.1, 0.15) is 18.7 Å². The van der Waals surface area contributed by atoms with Gasteiger partial charge in [0.2, 0.25) is 23.5 Å². The van der Waals surface area contributed by atoms with Gasteiger partial charge in [-0.25, -0.2) is 0 Å². The zero-order valence-electron chi connectivity index (χ0n) is 14.0. The summed E-state index contributed by atoms with van der Waals surface area (Å²) in [6.45, 7) is -0.0587. The van der Waals surface area contributed by atoms with Crippen molar-refractivity contribution in [1.82, 2.24) is 15.5 Å². The van der Waals surface area contributed by atoms with Crippen LogP contribution in [0.2, 0.25) is 0 Å². The third kappa shape index (κ3) is 5.25. The second-order valence-corrected chi connectivity index (χ2v) is 6.48. The van der Waals surface area contributed by atoms with E-state index in [1.807, 2.05) is 35.7 Å². The Balaban J connectivity index is 1.35. The van der Waals surface area contributed by atoms with Gasteiger partial charge in [-0.1, -0.05) is 29.4 Å². The van der Waals surface area contributed by atoms with Gasteiger partial charge in [0.15, 0.2) is 0 Å². The van der Waals surface area contributed by atoms with Gasteiger partial charge in [-0.05, 0) is 30.0 Å². The fourth-order valence-corrected chi connectivity index (χ4v) is 2.91. The van der Waals surface area contributed by atoms with E-state index in [1.54, 1.807) is 23.5 Å². The number of nitrogens with one attached hydrogen (secondary N) is 2. The number of thiophene rings is 1. The highest BCUT2D eigenvalue weighted by molar-refractivity contribution is 7.13. The second-order valence-electron chi connectivity index (χ2n) is 5.53. The Morgan fingerprint density at radius 2 is 1.92 bits per heavy atom. The molecule has 0 radical (unpaired) electrons. The lowest BCUT2D eigenvalue weighted by molar-refractivity contribution is -0.124. The molecule has 0 aliphatic carbocycles. The quantitative estimate of drug-likeness (QED) is 0.635. The first-order chi connectivity index (χ1) is 12.7. The Labute approximate surface area is 154 Å². The molecule has 0 aliphatic rings. The van der Waals surface area contributed by atoms with Gasteiger partial charge in [0, 0.05) is 18.5 Å². The fraction of sp³-hybridized carbons (Fsp3) is 0.222. The minimum atomic E-state index is -0.262. The highest BCUT2D eigenvalue weighted by Gasteiger charge is 2.11. The average Bonchev–Trinajstić information content (AvgIpc) is 3.32. The minimum Gasteiger partial charge on any atom is -0.347 e. The van der Waals surface area contributed by atoms with Crippen LogP contribution in [0.25, 0.3) is 10.7 Å². The Morgan fingerprint density at radius 1 is 1.08 bits per heavy atom. The van der Waals surface area contributed by atoms with Gasteiger partial charge < -0.3 is 15.2 Å². The number of carbonyl (C=O) groups excluding carboxylic acids is 2. The van der Waals surface area contributed by atoms with Crippen molar-refractivity contribution in [2.75, 3.05) is 11.9 Å². The zero-order chi connectivity index (χ0) is 18.2. The standard InChI is InChI=1S/C18H18N4O3S/c23-15(19-12-16(24)20-13-6-2-1-3-7-13)9-4-10-17-21-18(22-25-17)14-8-5-11-26-14/h1-3,5-8,11H,4,9-10,12H2,(H,19,23)(H,20,24). The first kappa shape index (κ1) is 17.8. The molecule has 8 heteroatoms. The molecule has 0 aliphatic heterocycles. The normalized spacial score (nSPS) is 10.5. The van der Waals surface area contributed by atoms with Crippen molar-refractivity contribution >= 4 is 28.8 Å². The summed E-state index contributed by atoms with van der Waals surface area (Å²) in [7, 11) is 0. The average molecular weight is 370 g/mol. The molecule has 0 bridgehead atoms. The molecule has 3 aromatic rings. The predicted molar refractivity (Wildman–Crippen MR) is 98.6 cm³/mol. The number of para-hydroxylation sites is 1. The second kappa shape index (κ2) is 8.91. The summed E-state index contributed by atoms with van der Waals surface area (Å²) in [4.78, 5) is 28.8. The molecular weight excluding hydrogens is 352 g/mol. The van der Waals surface area contributed by atoms with E-state index in [-0.39, 0.29) is 24.8 Å². The number of aromatic nitrogens is 2. The Morgan fingerprint density at radius 3 is 2.69 bits per heavy atom. The van der Waals surface area contributed by atoms with Gasteiger partial charge in [0.1, 0.15) is 0 Å². The van der Waals surface area contributed by atoms with Crippen LogP contribution < -0.4 is 10.6 Å². The molecule has 2 N–H and O–H groups in total. The third-order valence-electron chi connectivity index (χ3n) is 3.51. The minimum absolute atomic E-state index is 0.0587. The van der Waals surface area contributed by atoms with Gasteiger partial charge in [-0.2, -0.15) is 4.98 Å². The van der Waals surface area contributed by atoms with E-state index >= 15 is 0 Å². The molecule has 2 heterocycles. The SMILES string of the molecule is O=C(CCCc1nc(-c2cccs2)no1)NCC(=O)Nc1ccccc1. The molecule has 26 heavy (non-hydrogen) atoms. The maximum atomic E-state index is 11.8. The number of carbonyl (C=O) groups is 2. The molecule has 0 saturated heterocycles. The summed E-state index contributed by atoms with van der Waals surface area (Å²) in [6, 6.07) is 12.9. The van der Waals surface area contributed by atoms with Crippen molar-refractivity contribution in [3.8, 4) is 10.7 Å². The van der Waals surface area contributed by atoms with Crippen molar-refractivity contribution in [3.05, 3.63) is 53.7 Å². The molecule has 134 valence electrons. The highest BCUT2D eigenvalue weighted by Crippen LogP contribution is 2.21. The summed E-state index contributed by atoms with van der Waals surface area (Å²) in [6.07, 6.45) is 1.37. The lowest BCUT2D eigenvalue weighted by atomic mass is 10.2. The van der Waals surface area contributed by atoms with Crippen molar-refractivity contribution in [2.24, 2.45) is 0 Å². The number of hydrogen-bond acceptors (Lipinski definition) is 6. The van der Waals surface area contributed by atoms with E-state index in [4.69, 9.17) is 4.52 Å². The first-order valence-electron chi connectivity index (χ1n) is 8.19. The Hall–Kier alpha value is -3.00. The molecule has 0 fully saturated rings. The van der Waals surface area contributed by atoms with Gasteiger partial charge in [-0.3, -0.25) is 9.59 Å². The summed E-state index contributed by atoms with van der Waals surface area (Å²) in [5, 5.41) is 11.2. The van der Waals surface area contributed by atoms with E-state index in [0.717, 1.165) is 4.88 Å². The van der Waals surface area contributed by atoms with Crippen molar-refractivity contribution in [1.29, 1.82) is 0 Å². The molecule has 0 saturated carbocycles. The number of aryl methyl sites for hydroxylation is 1. The van der Waals surface area contributed by atoms with Crippen LogP contribution in [0.3, 0.4) is 0 Å². The molecule has 0 atom stereocenters. The van der Waals surface area contributed by atoms with Gasteiger partial charge >= 0.3 is 0 Å². The number of rotatable bonds is 8. The van der Waals surface area contributed by atoms with E-state index in [0.29, 0.717) is 30.2 Å². The number of nitrogens with zero attached hydrogens (tertiary/aromatic N) is 2. The monoisotopic (exact) mass is 370 g/mol. The van der Waals surface area contributed by atoms with Crippen LogP contribution in [0.15, 0.2) is 52.4 Å². The van der Waals surface area contributed by atoms with E-state index < -0.39 is 0 Å². The maximum absolute atomic E-state index is 11.8. The van der Waals surface area contributed by atoms with E-state index in [2.05, 4.69) is 20.8 Å². The van der Waals surface area contributed by atoms with Crippen molar-refractivity contribution < 1.29 is 14.1 Å². The molecule has 2 aromatic heterocycles. The molecule has 7 nitrogen and oxygen atoms in total. The highest BCUT2D eigenvalue weighted by atomic mass is 32.1. The summed E-state index contributed by atoms with van der Waals surface area (Å²) >= 11 is 1.54. The zero-order valence-corrected chi connectivity index (χ0v) is 14.8. The summed E-state index contributed by atoms with van der Waals surface area (Å²) in [5.74, 6) is 0.619. The number of amides is 2. The van der Waals surface area contributed by atoms with Crippen LogP contribution >= 0.6 is 11.3 Å². The predicted octanol–water partition coefficient (Wildman–Crippen LogP) is 2.88. The van der Waals surface area contributed by atoms with Crippen LogP contribution in [0, 0.1) is 0 Å². The van der Waals surface area contributed by atoms with E-state index in [9.17, 15) is 9.59 Å². The topological polar surface area (TPSA) is 97.1 Å². The van der Waals surface area contributed by atoms with E-state index in [1.165, 1.54) is 0 Å². The number of hydrogen-bond donors (Lipinski definition) is 2. The smallest absolute Gasteiger partial charge is 0.243 e. The van der Waals surface area contributed by atoms with Crippen molar-refractivity contribution in [2.45, 2.75) is 19.3 Å². The largest absolute Gasteiger partial charge is 0.347 e. The first-order valence-corrected chi connectivity index (χ1v) is 9.07. The van der Waals surface area contributed by atoms with Crippen molar-refractivity contribution in [3.63, 3.8) is 0 Å². The Kier molecular flexibility index (Phi) is 6.10. The molecular formula is C18H18N4O3S. The maximum Gasteiger partial charge on any atom is 0.243 e. The van der Waals surface area contributed by atoms with Crippen LogP contribution in [-0.2, 0) is 16.0 Å². The summed E-state index contributed by atoms with van der Waals surface area (Å²) < 4.78 is 5.18. The van der Waals surface area contributed by atoms with Gasteiger partial charge in [0.05, 0.1) is 11.4 Å².